The van der Waals surface area contributed by atoms with Crippen LogP contribution in [0.15, 0.2) is 24.4 Å². The van der Waals surface area contributed by atoms with Gasteiger partial charge in [0.25, 0.3) is 10.1 Å². The highest BCUT2D eigenvalue weighted by Gasteiger charge is 2.12. The first-order valence-electron chi connectivity index (χ1n) is 8.89. The molecule has 150 valence electrons. The fourth-order valence-corrected chi connectivity index (χ4v) is 2.83. The molecule has 0 saturated carbocycles. The van der Waals surface area contributed by atoms with Crippen molar-refractivity contribution in [2.75, 3.05) is 33.4 Å². The van der Waals surface area contributed by atoms with Crippen LogP contribution in [-0.2, 0) is 27.9 Å². The standard InChI is InChI=1S/C13H21NO3S.C5H11NO2/c1-2-3-4-8-13-9-5-6-10-14(13)11-7-12-18(15,16)17;1-6(2,3)4-5(7)8/h5-6,9-10H,2-4,7-8,11-12H2,1H3;4H2,1-3H3/p+2. The van der Waals surface area contributed by atoms with E-state index < -0.39 is 16.1 Å². The van der Waals surface area contributed by atoms with E-state index in [-0.39, 0.29) is 12.3 Å². The molecule has 1 rings (SSSR count). The summed E-state index contributed by atoms with van der Waals surface area (Å²) in [5.41, 5.74) is 1.22. The Hall–Kier alpha value is -1.51. The Bertz CT molecular complexity index is 639. The molecule has 0 saturated heterocycles. The van der Waals surface area contributed by atoms with Gasteiger partial charge in [0.05, 0.1) is 26.9 Å². The van der Waals surface area contributed by atoms with Crippen molar-refractivity contribution in [2.24, 2.45) is 0 Å². The largest absolute Gasteiger partial charge is 0.477 e. The molecular weight excluding hydrogens is 356 g/mol. The summed E-state index contributed by atoms with van der Waals surface area (Å²) in [7, 11) is 1.68. The summed E-state index contributed by atoms with van der Waals surface area (Å²) in [6.45, 7) is 2.98. The van der Waals surface area contributed by atoms with Crippen molar-refractivity contribution in [3.8, 4) is 0 Å². The van der Waals surface area contributed by atoms with Gasteiger partial charge in [-0.3, -0.25) is 4.55 Å². The molecule has 0 amide bonds. The van der Waals surface area contributed by atoms with Crippen molar-refractivity contribution in [3.05, 3.63) is 30.1 Å². The molecule has 0 unspecified atom stereocenters. The molecule has 2 N–H and O–H groups in total. The average molecular weight is 391 g/mol. The molecule has 7 nitrogen and oxygen atoms in total. The number of pyridine rings is 1. The van der Waals surface area contributed by atoms with Crippen LogP contribution in [0.1, 0.15) is 38.3 Å². The van der Waals surface area contributed by atoms with Gasteiger partial charge < -0.3 is 9.59 Å². The van der Waals surface area contributed by atoms with E-state index in [1.54, 1.807) is 0 Å². The number of quaternary nitrogens is 1. The predicted molar refractivity (Wildman–Crippen MR) is 101 cm³/mol. The van der Waals surface area contributed by atoms with E-state index in [1.165, 1.54) is 18.5 Å². The van der Waals surface area contributed by atoms with E-state index in [1.807, 2.05) is 39.5 Å². The van der Waals surface area contributed by atoms with Crippen LogP contribution in [0.4, 0.5) is 0 Å². The molecule has 0 radical (unpaired) electrons. The third-order valence-electron chi connectivity index (χ3n) is 3.48. The van der Waals surface area contributed by atoms with Crippen LogP contribution in [0, 0.1) is 0 Å². The zero-order chi connectivity index (χ0) is 20.2. The Morgan fingerprint density at radius 3 is 2.27 bits per heavy atom. The van der Waals surface area contributed by atoms with Gasteiger partial charge in [0.1, 0.15) is 6.54 Å². The van der Waals surface area contributed by atoms with Gasteiger partial charge in [-0.25, -0.2) is 9.36 Å². The zero-order valence-corrected chi connectivity index (χ0v) is 17.2. The fourth-order valence-electron chi connectivity index (χ4n) is 2.34. The van der Waals surface area contributed by atoms with Crippen molar-refractivity contribution in [1.29, 1.82) is 0 Å². The van der Waals surface area contributed by atoms with Crippen LogP contribution in [0.25, 0.3) is 0 Å². The molecule has 1 heterocycles. The third kappa shape index (κ3) is 14.8. The van der Waals surface area contributed by atoms with E-state index >= 15 is 0 Å². The van der Waals surface area contributed by atoms with E-state index in [2.05, 4.69) is 17.6 Å². The smallest absolute Gasteiger partial charge is 0.359 e. The van der Waals surface area contributed by atoms with Crippen LogP contribution in [0.3, 0.4) is 0 Å². The van der Waals surface area contributed by atoms with Gasteiger partial charge >= 0.3 is 5.97 Å². The number of unbranched alkanes of at least 4 members (excludes halogenated alkanes) is 2. The number of carboxylic acid groups (broad SMARTS) is 1. The van der Waals surface area contributed by atoms with E-state index in [9.17, 15) is 13.2 Å². The maximum atomic E-state index is 10.7. The van der Waals surface area contributed by atoms with Crippen molar-refractivity contribution in [1.82, 2.24) is 0 Å². The molecule has 0 aromatic carbocycles. The second kappa shape index (κ2) is 12.0. The first-order valence-corrected chi connectivity index (χ1v) is 10.5. The highest BCUT2D eigenvalue weighted by molar-refractivity contribution is 7.85. The summed E-state index contributed by atoms with van der Waals surface area (Å²) < 4.78 is 32.6. The summed E-state index contributed by atoms with van der Waals surface area (Å²) in [6, 6.07) is 6.01. The van der Waals surface area contributed by atoms with Gasteiger partial charge in [0, 0.05) is 25.0 Å². The first-order chi connectivity index (χ1) is 11.9. The molecule has 0 spiro atoms. The summed E-state index contributed by atoms with van der Waals surface area (Å²) >= 11 is 0. The minimum absolute atomic E-state index is 0.177. The minimum Gasteiger partial charge on any atom is -0.477 e. The summed E-state index contributed by atoms with van der Waals surface area (Å²) in [6.07, 6.45) is 6.97. The highest BCUT2D eigenvalue weighted by atomic mass is 32.2. The number of hydrogen-bond donors (Lipinski definition) is 2. The van der Waals surface area contributed by atoms with Gasteiger partial charge in [-0.15, -0.1) is 0 Å². The SMILES string of the molecule is CCCCCc1cccc[n+]1CCCS(=O)(=O)O.C[N+](C)(C)CC(=O)O. The Morgan fingerprint density at radius 2 is 1.81 bits per heavy atom. The normalized spacial score (nSPS) is 11.6. The predicted octanol–water partition coefficient (Wildman–Crippen LogP) is 1.76. The quantitative estimate of drug-likeness (QED) is 0.275. The van der Waals surface area contributed by atoms with Crippen molar-refractivity contribution in [3.63, 3.8) is 0 Å². The second-order valence-electron chi connectivity index (χ2n) is 7.32. The Morgan fingerprint density at radius 1 is 1.15 bits per heavy atom. The Labute approximate surface area is 157 Å². The van der Waals surface area contributed by atoms with E-state index in [4.69, 9.17) is 9.66 Å². The number of carbonyl (C=O) groups is 1. The minimum atomic E-state index is -3.84. The molecule has 1 aromatic rings. The highest BCUT2D eigenvalue weighted by Crippen LogP contribution is 2.02. The molecule has 0 atom stereocenters. The lowest BCUT2D eigenvalue weighted by Gasteiger charge is -2.20. The van der Waals surface area contributed by atoms with Crippen LogP contribution >= 0.6 is 0 Å². The number of likely N-dealkylation sites (N-methyl/N-ethyl adjacent to an activating group) is 1. The number of aliphatic carboxylic acids is 1. The number of aryl methyl sites for hydroxylation is 2. The molecule has 0 aliphatic carbocycles. The fraction of sp³-hybridized carbons (Fsp3) is 0.667. The first kappa shape index (κ1) is 24.5. The van der Waals surface area contributed by atoms with Gasteiger partial charge in [0.15, 0.2) is 18.4 Å². The van der Waals surface area contributed by atoms with Crippen molar-refractivity contribution < 1.29 is 31.9 Å². The number of rotatable bonds is 10. The number of aromatic nitrogens is 1. The lowest BCUT2D eigenvalue weighted by molar-refractivity contribution is -0.862. The van der Waals surface area contributed by atoms with Crippen LogP contribution in [0.2, 0.25) is 0 Å². The maximum Gasteiger partial charge on any atom is 0.359 e. The summed E-state index contributed by atoms with van der Waals surface area (Å²) in [5.74, 6) is -0.930. The second-order valence-corrected chi connectivity index (χ2v) is 8.90. The molecule has 0 bridgehead atoms. The monoisotopic (exact) mass is 390 g/mol. The molecule has 26 heavy (non-hydrogen) atoms. The van der Waals surface area contributed by atoms with Crippen molar-refractivity contribution >= 4 is 16.1 Å². The molecule has 1 aromatic heterocycles. The zero-order valence-electron chi connectivity index (χ0n) is 16.4. The van der Waals surface area contributed by atoms with Gasteiger partial charge in [-0.1, -0.05) is 25.8 Å². The van der Waals surface area contributed by atoms with E-state index in [0.29, 0.717) is 17.4 Å². The molecule has 0 fully saturated rings. The summed E-state index contributed by atoms with van der Waals surface area (Å²) in [5, 5.41) is 8.23. The van der Waals surface area contributed by atoms with Gasteiger partial charge in [0.2, 0.25) is 0 Å². The Kier molecular flexibility index (Phi) is 11.3. The van der Waals surface area contributed by atoms with Crippen LogP contribution in [0.5, 0.6) is 0 Å². The lowest BCUT2D eigenvalue weighted by Crippen LogP contribution is -2.39. The molecule has 0 aliphatic heterocycles. The number of nitrogens with zero attached hydrogens (tertiary/aromatic N) is 2. The average Bonchev–Trinajstić information content (AvgIpc) is 2.46. The maximum absolute atomic E-state index is 10.7. The third-order valence-corrected chi connectivity index (χ3v) is 4.29. The topological polar surface area (TPSA) is 95.5 Å². The lowest BCUT2D eigenvalue weighted by atomic mass is 10.1. The van der Waals surface area contributed by atoms with Gasteiger partial charge in [-0.05, 0) is 6.42 Å². The molecule has 0 aliphatic rings. The van der Waals surface area contributed by atoms with Crippen LogP contribution < -0.4 is 4.57 Å². The number of carboxylic acids is 1. The molecule has 8 heteroatoms. The molecular formula is C18H34N2O5S+2. The summed E-state index contributed by atoms with van der Waals surface area (Å²) in [4.78, 5) is 10.00. The van der Waals surface area contributed by atoms with Crippen molar-refractivity contribution in [2.45, 2.75) is 45.6 Å². The Balaban J connectivity index is 0.000000660. The van der Waals surface area contributed by atoms with Crippen LogP contribution in [-0.4, -0.2) is 62.0 Å². The van der Waals surface area contributed by atoms with E-state index in [0.717, 1.165) is 12.8 Å². The van der Waals surface area contributed by atoms with Gasteiger partial charge in [-0.2, -0.15) is 8.42 Å². The number of hydrogen-bond acceptors (Lipinski definition) is 3.